The average Bonchev–Trinajstić information content (AvgIpc) is 3.49. The highest BCUT2D eigenvalue weighted by Crippen LogP contribution is 2.45. The smallest absolute Gasteiger partial charge is 0.312 e. The standard InChI is InChI=1S/C22H20O9/c1-11(23)31-21(13-3-5-16-18(7-13)30-10-28-16)14-8-26-22(25)19(14)20(24)12-2-4-15-17(6-12)29-9-27-15/h2-7,14,19-21,24H,8-10H2,1H3/t14-,19-,20+,21+/m0/s1. The van der Waals surface area contributed by atoms with E-state index in [1.54, 1.807) is 36.4 Å². The number of esters is 2. The first kappa shape index (κ1) is 19.5. The van der Waals surface area contributed by atoms with Crippen LogP contribution in [0.3, 0.4) is 0 Å². The van der Waals surface area contributed by atoms with Crippen LogP contribution < -0.4 is 18.9 Å². The fraction of sp³-hybridized carbons (Fsp3) is 0.364. The van der Waals surface area contributed by atoms with Gasteiger partial charge in [0.1, 0.15) is 6.10 Å². The van der Waals surface area contributed by atoms with E-state index in [1.807, 2.05) is 0 Å². The van der Waals surface area contributed by atoms with Crippen LogP contribution in [0.4, 0.5) is 0 Å². The van der Waals surface area contributed by atoms with E-state index in [0.29, 0.717) is 34.1 Å². The first-order chi connectivity index (χ1) is 15.0. The zero-order valence-electron chi connectivity index (χ0n) is 16.6. The summed E-state index contributed by atoms with van der Waals surface area (Å²) in [5.74, 6) is -0.473. The van der Waals surface area contributed by atoms with Gasteiger partial charge in [-0.25, -0.2) is 0 Å². The van der Waals surface area contributed by atoms with Crippen molar-refractivity contribution in [3.8, 4) is 23.0 Å². The Morgan fingerprint density at radius 3 is 2.16 bits per heavy atom. The van der Waals surface area contributed by atoms with Crippen molar-refractivity contribution < 1.29 is 43.1 Å². The minimum atomic E-state index is -1.19. The van der Waals surface area contributed by atoms with Crippen LogP contribution >= 0.6 is 0 Å². The number of fused-ring (bicyclic) bond motifs is 2. The summed E-state index contributed by atoms with van der Waals surface area (Å²) in [6, 6.07) is 10.2. The van der Waals surface area contributed by atoms with Crippen molar-refractivity contribution in [2.24, 2.45) is 11.8 Å². The molecule has 0 spiro atoms. The molecule has 0 aliphatic carbocycles. The number of aliphatic hydroxyl groups excluding tert-OH is 1. The zero-order chi connectivity index (χ0) is 21.5. The molecule has 0 bridgehead atoms. The molecule has 1 saturated heterocycles. The van der Waals surface area contributed by atoms with Gasteiger partial charge in [0.2, 0.25) is 13.6 Å². The van der Waals surface area contributed by atoms with Gasteiger partial charge in [-0.05, 0) is 35.4 Å². The lowest BCUT2D eigenvalue weighted by Crippen LogP contribution is -2.30. The molecule has 0 saturated carbocycles. The van der Waals surface area contributed by atoms with Gasteiger partial charge in [-0.3, -0.25) is 9.59 Å². The Kier molecular flexibility index (Phi) is 4.82. The van der Waals surface area contributed by atoms with E-state index < -0.39 is 36.0 Å². The van der Waals surface area contributed by atoms with Crippen molar-refractivity contribution in [2.45, 2.75) is 19.1 Å². The second-order valence-electron chi connectivity index (χ2n) is 7.52. The lowest BCUT2D eigenvalue weighted by molar-refractivity contribution is -0.152. The van der Waals surface area contributed by atoms with Crippen molar-refractivity contribution in [2.75, 3.05) is 20.2 Å². The van der Waals surface area contributed by atoms with Gasteiger partial charge in [-0.15, -0.1) is 0 Å². The van der Waals surface area contributed by atoms with Gasteiger partial charge >= 0.3 is 11.9 Å². The molecule has 3 aliphatic rings. The predicted octanol–water partition coefficient (Wildman–Crippen LogP) is 2.27. The molecule has 0 aromatic heterocycles. The maximum atomic E-state index is 12.6. The first-order valence-electron chi connectivity index (χ1n) is 9.82. The van der Waals surface area contributed by atoms with Crippen LogP contribution in [-0.2, 0) is 19.1 Å². The predicted molar refractivity (Wildman–Crippen MR) is 103 cm³/mol. The highest BCUT2D eigenvalue weighted by molar-refractivity contribution is 5.76. The number of hydrogen-bond donors (Lipinski definition) is 1. The number of aliphatic hydroxyl groups is 1. The van der Waals surface area contributed by atoms with E-state index in [9.17, 15) is 14.7 Å². The molecule has 5 rings (SSSR count). The third-order valence-corrected chi connectivity index (χ3v) is 5.64. The number of carbonyl (C=O) groups is 2. The molecular formula is C22H20O9. The van der Waals surface area contributed by atoms with Crippen molar-refractivity contribution in [1.29, 1.82) is 0 Å². The van der Waals surface area contributed by atoms with Crippen molar-refractivity contribution >= 4 is 11.9 Å². The van der Waals surface area contributed by atoms with Gasteiger partial charge in [0, 0.05) is 6.92 Å². The summed E-state index contributed by atoms with van der Waals surface area (Å²) in [6.07, 6.45) is -2.02. The third-order valence-electron chi connectivity index (χ3n) is 5.64. The van der Waals surface area contributed by atoms with E-state index in [2.05, 4.69) is 0 Å². The monoisotopic (exact) mass is 428 g/mol. The van der Waals surface area contributed by atoms with Crippen LogP contribution in [0.2, 0.25) is 0 Å². The molecule has 0 unspecified atom stereocenters. The summed E-state index contributed by atoms with van der Waals surface area (Å²) in [7, 11) is 0. The molecule has 3 heterocycles. The van der Waals surface area contributed by atoms with Gasteiger partial charge in [0.15, 0.2) is 23.0 Å². The maximum absolute atomic E-state index is 12.6. The normalized spacial score (nSPS) is 22.7. The van der Waals surface area contributed by atoms with Crippen molar-refractivity contribution in [1.82, 2.24) is 0 Å². The second kappa shape index (κ2) is 7.66. The van der Waals surface area contributed by atoms with Crippen molar-refractivity contribution in [3.05, 3.63) is 47.5 Å². The number of benzene rings is 2. The SMILES string of the molecule is CC(=O)O[C@H](c1ccc2c(c1)OCO2)[C@H]1COC(=O)[C@@H]1[C@H](O)c1ccc2c(c1)OCO2. The molecule has 1 fully saturated rings. The second-order valence-corrected chi connectivity index (χ2v) is 7.52. The Hall–Kier alpha value is -3.46. The molecule has 0 amide bonds. The first-order valence-corrected chi connectivity index (χ1v) is 9.82. The topological polar surface area (TPSA) is 110 Å². The molecular weight excluding hydrogens is 408 g/mol. The van der Waals surface area contributed by atoms with E-state index in [4.69, 9.17) is 28.4 Å². The summed E-state index contributed by atoms with van der Waals surface area (Å²) in [5, 5.41) is 11.1. The molecule has 9 heteroatoms. The van der Waals surface area contributed by atoms with Gasteiger partial charge in [-0.2, -0.15) is 0 Å². The molecule has 9 nitrogen and oxygen atoms in total. The van der Waals surface area contributed by atoms with Crippen molar-refractivity contribution in [3.63, 3.8) is 0 Å². The van der Waals surface area contributed by atoms with Gasteiger partial charge in [-0.1, -0.05) is 12.1 Å². The number of rotatable bonds is 5. The fourth-order valence-electron chi connectivity index (χ4n) is 4.17. The highest BCUT2D eigenvalue weighted by atomic mass is 16.7. The third kappa shape index (κ3) is 3.50. The number of cyclic esters (lactones) is 1. The number of ether oxygens (including phenoxy) is 6. The molecule has 0 radical (unpaired) electrons. The fourth-order valence-corrected chi connectivity index (χ4v) is 4.17. The summed E-state index contributed by atoms with van der Waals surface area (Å²) < 4.78 is 32.3. The van der Waals surface area contributed by atoms with Crippen LogP contribution in [0.15, 0.2) is 36.4 Å². The van der Waals surface area contributed by atoms with Crippen LogP contribution in [0.25, 0.3) is 0 Å². The Morgan fingerprint density at radius 1 is 0.935 bits per heavy atom. The number of hydrogen-bond acceptors (Lipinski definition) is 9. The minimum absolute atomic E-state index is 0.00248. The van der Waals surface area contributed by atoms with Gasteiger partial charge < -0.3 is 33.5 Å². The highest BCUT2D eigenvalue weighted by Gasteiger charge is 2.48. The Labute approximate surface area is 177 Å². The van der Waals surface area contributed by atoms with Crippen LogP contribution in [0, 0.1) is 11.8 Å². The maximum Gasteiger partial charge on any atom is 0.312 e. The van der Waals surface area contributed by atoms with E-state index in [1.165, 1.54) is 6.92 Å². The van der Waals surface area contributed by atoms with Gasteiger partial charge in [0.25, 0.3) is 0 Å². The molecule has 162 valence electrons. The van der Waals surface area contributed by atoms with Crippen LogP contribution in [0.1, 0.15) is 30.3 Å². The quantitative estimate of drug-likeness (QED) is 0.717. The molecule has 1 N–H and O–H groups in total. The minimum Gasteiger partial charge on any atom is -0.465 e. The van der Waals surface area contributed by atoms with Crippen LogP contribution in [0.5, 0.6) is 23.0 Å². The summed E-state index contributed by atoms with van der Waals surface area (Å²) in [4.78, 5) is 24.5. The van der Waals surface area contributed by atoms with E-state index in [0.717, 1.165) is 0 Å². The molecule has 31 heavy (non-hydrogen) atoms. The Balaban J connectivity index is 1.48. The Bertz CT molecular complexity index is 1030. The summed E-state index contributed by atoms with van der Waals surface area (Å²) in [6.45, 7) is 1.49. The average molecular weight is 428 g/mol. The Morgan fingerprint density at radius 2 is 1.52 bits per heavy atom. The summed E-state index contributed by atoms with van der Waals surface area (Å²) >= 11 is 0. The number of carbonyl (C=O) groups excluding carboxylic acids is 2. The largest absolute Gasteiger partial charge is 0.465 e. The van der Waals surface area contributed by atoms with Gasteiger partial charge in [0.05, 0.1) is 24.5 Å². The van der Waals surface area contributed by atoms with E-state index >= 15 is 0 Å². The van der Waals surface area contributed by atoms with Crippen LogP contribution in [-0.4, -0.2) is 37.2 Å². The lowest BCUT2D eigenvalue weighted by Gasteiger charge is -2.28. The molecule has 3 aliphatic heterocycles. The van der Waals surface area contributed by atoms with E-state index in [-0.39, 0.29) is 20.2 Å². The molecule has 2 aromatic rings. The lowest BCUT2D eigenvalue weighted by atomic mass is 9.81. The summed E-state index contributed by atoms with van der Waals surface area (Å²) in [5.41, 5.74) is 1.09. The zero-order valence-corrected chi connectivity index (χ0v) is 16.6. The molecule has 2 aromatic carbocycles. The molecule has 4 atom stereocenters.